The number of nitrogens with one attached hydrogen (secondary N) is 1. The molecule has 2 fully saturated rings. The van der Waals surface area contributed by atoms with Gasteiger partial charge in [0.2, 0.25) is 0 Å². The summed E-state index contributed by atoms with van der Waals surface area (Å²) in [4.78, 5) is 6.76. The molecule has 1 aromatic carbocycles. The predicted molar refractivity (Wildman–Crippen MR) is 113 cm³/mol. The summed E-state index contributed by atoms with van der Waals surface area (Å²) < 4.78 is 22.8. The minimum atomic E-state index is 0.127. The van der Waals surface area contributed by atoms with Crippen molar-refractivity contribution in [2.45, 2.75) is 45.1 Å². The largest absolute Gasteiger partial charge is 0.379 e. The summed E-state index contributed by atoms with van der Waals surface area (Å²) in [7, 11) is 1.83. The highest BCUT2D eigenvalue weighted by Gasteiger charge is 2.32. The van der Waals surface area contributed by atoms with E-state index < -0.39 is 0 Å². The number of aliphatic imine (C=N–C) groups is 1. The van der Waals surface area contributed by atoms with Crippen LogP contribution in [0.5, 0.6) is 0 Å². The molecule has 0 aliphatic carbocycles. The van der Waals surface area contributed by atoms with E-state index in [1.807, 2.05) is 14.0 Å². The van der Waals surface area contributed by atoms with Crippen LogP contribution in [0.3, 0.4) is 0 Å². The van der Waals surface area contributed by atoms with Crippen LogP contribution in [0.15, 0.2) is 29.3 Å². The third-order valence-electron chi connectivity index (χ3n) is 5.27. The van der Waals surface area contributed by atoms with Crippen LogP contribution in [0, 0.1) is 0 Å². The van der Waals surface area contributed by atoms with E-state index >= 15 is 0 Å². The zero-order chi connectivity index (χ0) is 20.3. The minimum Gasteiger partial charge on any atom is -0.379 e. The van der Waals surface area contributed by atoms with Gasteiger partial charge in [0.1, 0.15) is 6.10 Å². The number of hydrogen-bond donors (Lipinski definition) is 1. The maximum atomic E-state index is 5.96. The lowest BCUT2D eigenvalue weighted by molar-refractivity contribution is -0.0817. The molecule has 0 saturated carbocycles. The first-order valence-corrected chi connectivity index (χ1v) is 10.7. The summed E-state index contributed by atoms with van der Waals surface area (Å²) in [6.45, 7) is 8.51. The van der Waals surface area contributed by atoms with Gasteiger partial charge in [-0.3, -0.25) is 4.99 Å². The molecule has 2 atom stereocenters. The van der Waals surface area contributed by atoms with E-state index in [2.05, 4.69) is 39.5 Å². The van der Waals surface area contributed by atoms with Gasteiger partial charge in [0, 0.05) is 39.9 Å². The number of nitrogens with zero attached hydrogens (tertiary/aromatic N) is 2. The summed E-state index contributed by atoms with van der Waals surface area (Å²) in [5.74, 6) is 0.912. The minimum absolute atomic E-state index is 0.127. The average Bonchev–Trinajstić information content (AvgIpc) is 3.30. The Kier molecular flexibility index (Phi) is 9.21. The maximum absolute atomic E-state index is 5.96. The van der Waals surface area contributed by atoms with Crippen LogP contribution in [-0.2, 0) is 32.1 Å². The Labute approximate surface area is 174 Å². The summed E-state index contributed by atoms with van der Waals surface area (Å²) in [6, 6.07) is 8.46. The van der Waals surface area contributed by atoms with Gasteiger partial charge in [0.15, 0.2) is 5.96 Å². The fourth-order valence-corrected chi connectivity index (χ4v) is 3.78. The molecule has 1 N–H and O–H groups in total. The van der Waals surface area contributed by atoms with Gasteiger partial charge in [0.25, 0.3) is 0 Å². The molecule has 2 aliphatic rings. The van der Waals surface area contributed by atoms with Crippen molar-refractivity contribution in [2.75, 3.05) is 53.2 Å². The second-order valence-corrected chi connectivity index (χ2v) is 7.38. The standard InChI is InChI=1S/C22H35N3O4/c1-3-26-12-13-27-17-19-7-4-6-18(14-19)15-24-22(23-2)25-9-11-29-21(16-25)20-8-5-10-28-20/h4,6-7,14,20-21H,3,5,8-13,15-17H2,1-2H3,(H,23,24). The van der Waals surface area contributed by atoms with Crippen molar-refractivity contribution >= 4 is 5.96 Å². The Morgan fingerprint density at radius 2 is 2.00 bits per heavy atom. The zero-order valence-electron chi connectivity index (χ0n) is 17.8. The van der Waals surface area contributed by atoms with Gasteiger partial charge in [-0.1, -0.05) is 24.3 Å². The third-order valence-corrected chi connectivity index (χ3v) is 5.27. The molecule has 0 amide bonds. The summed E-state index contributed by atoms with van der Waals surface area (Å²) >= 11 is 0. The topological polar surface area (TPSA) is 64.6 Å². The Morgan fingerprint density at radius 1 is 1.17 bits per heavy atom. The molecule has 0 spiro atoms. The lowest BCUT2D eigenvalue weighted by Gasteiger charge is -2.37. The Morgan fingerprint density at radius 3 is 2.79 bits per heavy atom. The molecule has 0 aromatic heterocycles. The summed E-state index contributed by atoms with van der Waals surface area (Å²) in [5, 5.41) is 3.50. The van der Waals surface area contributed by atoms with Crippen LogP contribution in [-0.4, -0.2) is 76.2 Å². The highest BCUT2D eigenvalue weighted by Crippen LogP contribution is 2.21. The molecule has 2 saturated heterocycles. The summed E-state index contributed by atoms with van der Waals surface area (Å²) in [5.41, 5.74) is 2.38. The summed E-state index contributed by atoms with van der Waals surface area (Å²) in [6.07, 6.45) is 2.56. The van der Waals surface area contributed by atoms with Crippen LogP contribution in [0.4, 0.5) is 0 Å². The highest BCUT2D eigenvalue weighted by molar-refractivity contribution is 5.80. The molecule has 3 rings (SSSR count). The van der Waals surface area contributed by atoms with Gasteiger partial charge in [0.05, 0.1) is 32.5 Å². The molecular weight excluding hydrogens is 370 g/mol. The molecule has 7 nitrogen and oxygen atoms in total. The van der Waals surface area contributed by atoms with Crippen molar-refractivity contribution in [2.24, 2.45) is 4.99 Å². The number of rotatable bonds is 9. The van der Waals surface area contributed by atoms with Gasteiger partial charge >= 0.3 is 0 Å². The maximum Gasteiger partial charge on any atom is 0.194 e. The first kappa shape index (κ1) is 22.0. The fourth-order valence-electron chi connectivity index (χ4n) is 3.78. The van der Waals surface area contributed by atoms with Crippen molar-refractivity contribution in [1.82, 2.24) is 10.2 Å². The number of morpholine rings is 1. The van der Waals surface area contributed by atoms with Crippen molar-refractivity contribution in [3.8, 4) is 0 Å². The Balaban J connectivity index is 1.47. The van der Waals surface area contributed by atoms with E-state index in [9.17, 15) is 0 Å². The second kappa shape index (κ2) is 12.1. The Hall–Kier alpha value is -1.67. The molecule has 2 heterocycles. The highest BCUT2D eigenvalue weighted by atomic mass is 16.5. The number of guanidine groups is 1. The molecule has 0 radical (unpaired) electrons. The van der Waals surface area contributed by atoms with Crippen LogP contribution < -0.4 is 5.32 Å². The van der Waals surface area contributed by atoms with E-state index in [1.165, 1.54) is 11.1 Å². The molecule has 0 bridgehead atoms. The van der Waals surface area contributed by atoms with E-state index in [0.717, 1.165) is 51.6 Å². The quantitative estimate of drug-likeness (QED) is 0.386. The zero-order valence-corrected chi connectivity index (χ0v) is 17.8. The van der Waals surface area contributed by atoms with Gasteiger partial charge in [-0.25, -0.2) is 0 Å². The lowest BCUT2D eigenvalue weighted by atomic mass is 10.1. The molecular formula is C22H35N3O4. The number of hydrogen-bond acceptors (Lipinski definition) is 5. The monoisotopic (exact) mass is 405 g/mol. The first-order chi connectivity index (χ1) is 14.3. The number of ether oxygens (including phenoxy) is 4. The lowest BCUT2D eigenvalue weighted by Crippen LogP contribution is -2.53. The fraction of sp³-hybridized carbons (Fsp3) is 0.682. The van der Waals surface area contributed by atoms with Gasteiger partial charge < -0.3 is 29.2 Å². The van der Waals surface area contributed by atoms with Crippen LogP contribution in [0.2, 0.25) is 0 Å². The average molecular weight is 406 g/mol. The van der Waals surface area contributed by atoms with Crippen LogP contribution in [0.25, 0.3) is 0 Å². The second-order valence-electron chi connectivity index (χ2n) is 7.38. The first-order valence-electron chi connectivity index (χ1n) is 10.7. The molecule has 1 aromatic rings. The van der Waals surface area contributed by atoms with E-state index in [0.29, 0.717) is 26.4 Å². The van der Waals surface area contributed by atoms with Crippen LogP contribution in [0.1, 0.15) is 30.9 Å². The van der Waals surface area contributed by atoms with Crippen molar-refractivity contribution in [3.63, 3.8) is 0 Å². The van der Waals surface area contributed by atoms with Gasteiger partial charge in [-0.15, -0.1) is 0 Å². The molecule has 2 aliphatic heterocycles. The van der Waals surface area contributed by atoms with E-state index in [-0.39, 0.29) is 12.2 Å². The predicted octanol–water partition coefficient (Wildman–Crippen LogP) is 2.19. The number of benzene rings is 1. The van der Waals surface area contributed by atoms with Crippen molar-refractivity contribution < 1.29 is 18.9 Å². The normalized spacial score (nSPS) is 22.8. The van der Waals surface area contributed by atoms with E-state index in [4.69, 9.17) is 18.9 Å². The molecule has 2 unspecified atom stereocenters. The Bertz CT molecular complexity index is 634. The van der Waals surface area contributed by atoms with Gasteiger partial charge in [-0.05, 0) is 30.9 Å². The van der Waals surface area contributed by atoms with Gasteiger partial charge in [-0.2, -0.15) is 0 Å². The molecule has 29 heavy (non-hydrogen) atoms. The third kappa shape index (κ3) is 6.96. The van der Waals surface area contributed by atoms with E-state index in [1.54, 1.807) is 0 Å². The SMILES string of the molecule is CCOCCOCc1cccc(CNC(=NC)N2CCOC(C3CCCO3)C2)c1. The van der Waals surface area contributed by atoms with Crippen molar-refractivity contribution in [1.29, 1.82) is 0 Å². The van der Waals surface area contributed by atoms with Crippen molar-refractivity contribution in [3.05, 3.63) is 35.4 Å². The molecule has 162 valence electrons. The van der Waals surface area contributed by atoms with Crippen LogP contribution >= 0.6 is 0 Å². The smallest absolute Gasteiger partial charge is 0.194 e. The molecule has 7 heteroatoms.